The van der Waals surface area contributed by atoms with E-state index in [0.717, 1.165) is 29.5 Å². The number of benzene rings is 1. The van der Waals surface area contributed by atoms with Crippen molar-refractivity contribution in [3.8, 4) is 0 Å². The van der Waals surface area contributed by atoms with Crippen LogP contribution in [-0.4, -0.2) is 11.8 Å². The van der Waals surface area contributed by atoms with Gasteiger partial charge >= 0.3 is 0 Å². The van der Waals surface area contributed by atoms with Crippen molar-refractivity contribution >= 4 is 5.78 Å². The Morgan fingerprint density at radius 2 is 2.07 bits per heavy atom. The van der Waals surface area contributed by atoms with Crippen molar-refractivity contribution in [3.05, 3.63) is 34.9 Å². The third-order valence-corrected chi connectivity index (χ3v) is 2.81. The predicted molar refractivity (Wildman–Crippen MR) is 63.1 cm³/mol. The van der Waals surface area contributed by atoms with Gasteiger partial charge < -0.3 is 5.73 Å². The summed E-state index contributed by atoms with van der Waals surface area (Å²) in [7, 11) is 0. The molecule has 0 aliphatic carbocycles. The van der Waals surface area contributed by atoms with Crippen LogP contribution < -0.4 is 5.73 Å². The van der Waals surface area contributed by atoms with Crippen LogP contribution in [0.15, 0.2) is 18.2 Å². The highest BCUT2D eigenvalue weighted by Crippen LogP contribution is 2.15. The summed E-state index contributed by atoms with van der Waals surface area (Å²) in [6.07, 6.45) is 1.70. The van der Waals surface area contributed by atoms with E-state index >= 15 is 0 Å². The molecule has 2 N–H and O–H groups in total. The molecule has 1 unspecified atom stereocenters. The van der Waals surface area contributed by atoms with Gasteiger partial charge in [-0.2, -0.15) is 0 Å². The lowest BCUT2D eigenvalue weighted by Gasteiger charge is -2.12. The highest BCUT2D eigenvalue weighted by Gasteiger charge is 2.16. The Bertz CT molecular complexity index is 358. The molecule has 2 nitrogen and oxygen atoms in total. The molecule has 0 spiro atoms. The van der Waals surface area contributed by atoms with Gasteiger partial charge in [0.15, 0.2) is 5.78 Å². The monoisotopic (exact) mass is 205 g/mol. The molecule has 0 heterocycles. The largest absolute Gasteiger partial charge is 0.321 e. The second-order valence-corrected chi connectivity index (χ2v) is 4.01. The van der Waals surface area contributed by atoms with Crippen molar-refractivity contribution in [2.24, 2.45) is 5.73 Å². The maximum Gasteiger partial charge on any atom is 0.179 e. The van der Waals surface area contributed by atoms with Crippen molar-refractivity contribution in [3.63, 3.8) is 0 Å². The number of ketones is 1. The van der Waals surface area contributed by atoms with Crippen molar-refractivity contribution < 1.29 is 4.79 Å². The molecule has 0 aliphatic rings. The standard InChI is InChI=1S/C13H19NO/c1-4-6-12(14)13(15)11-8-5-7-9(2)10(11)3/h5,7-8,12H,4,6,14H2,1-3H3. The topological polar surface area (TPSA) is 43.1 Å². The van der Waals surface area contributed by atoms with Crippen molar-refractivity contribution in [1.82, 2.24) is 0 Å². The van der Waals surface area contributed by atoms with Crippen LogP contribution in [0.25, 0.3) is 0 Å². The highest BCUT2D eigenvalue weighted by molar-refractivity contribution is 6.01. The van der Waals surface area contributed by atoms with Crippen LogP contribution in [0, 0.1) is 13.8 Å². The molecule has 1 aromatic rings. The smallest absolute Gasteiger partial charge is 0.179 e. The molecule has 0 saturated carbocycles. The lowest BCUT2D eigenvalue weighted by atomic mass is 9.95. The van der Waals surface area contributed by atoms with Gasteiger partial charge in [-0.1, -0.05) is 31.5 Å². The highest BCUT2D eigenvalue weighted by atomic mass is 16.1. The van der Waals surface area contributed by atoms with E-state index in [9.17, 15) is 4.79 Å². The Balaban J connectivity index is 2.96. The maximum atomic E-state index is 12.0. The van der Waals surface area contributed by atoms with Gasteiger partial charge in [-0.3, -0.25) is 4.79 Å². The molecule has 0 fully saturated rings. The summed E-state index contributed by atoms with van der Waals surface area (Å²) in [5.74, 6) is 0.0676. The van der Waals surface area contributed by atoms with Gasteiger partial charge in [-0.05, 0) is 31.4 Å². The molecule has 1 rings (SSSR count). The van der Waals surface area contributed by atoms with Crippen molar-refractivity contribution in [2.75, 3.05) is 0 Å². The Kier molecular flexibility index (Phi) is 4.04. The van der Waals surface area contributed by atoms with E-state index in [1.165, 1.54) is 0 Å². The normalized spacial score (nSPS) is 12.5. The number of carbonyl (C=O) groups excluding carboxylic acids is 1. The average Bonchev–Trinajstić information content (AvgIpc) is 2.21. The first-order chi connectivity index (χ1) is 7.07. The molecule has 0 saturated heterocycles. The van der Waals surface area contributed by atoms with Crippen LogP contribution in [0.2, 0.25) is 0 Å². The number of rotatable bonds is 4. The summed E-state index contributed by atoms with van der Waals surface area (Å²) in [4.78, 5) is 12.0. The molecule has 0 aliphatic heterocycles. The van der Waals surface area contributed by atoms with Crippen LogP contribution in [0.4, 0.5) is 0 Å². The molecule has 15 heavy (non-hydrogen) atoms. The van der Waals surface area contributed by atoms with Crippen molar-refractivity contribution in [2.45, 2.75) is 39.7 Å². The van der Waals surface area contributed by atoms with Crippen LogP contribution >= 0.6 is 0 Å². The first-order valence-electron chi connectivity index (χ1n) is 5.44. The minimum absolute atomic E-state index is 0.0676. The molecule has 0 bridgehead atoms. The maximum absolute atomic E-state index is 12.0. The first kappa shape index (κ1) is 11.9. The van der Waals surface area contributed by atoms with Gasteiger partial charge in [0.05, 0.1) is 6.04 Å². The van der Waals surface area contributed by atoms with Gasteiger partial charge in [-0.15, -0.1) is 0 Å². The molecule has 0 aromatic heterocycles. The van der Waals surface area contributed by atoms with Gasteiger partial charge in [-0.25, -0.2) is 0 Å². The molecular formula is C13H19NO. The summed E-state index contributed by atoms with van der Waals surface area (Å²) in [5, 5.41) is 0. The van der Waals surface area contributed by atoms with E-state index in [1.54, 1.807) is 0 Å². The van der Waals surface area contributed by atoms with E-state index < -0.39 is 0 Å². The Morgan fingerprint density at radius 3 is 2.67 bits per heavy atom. The van der Waals surface area contributed by atoms with E-state index in [0.29, 0.717) is 0 Å². The fourth-order valence-corrected chi connectivity index (χ4v) is 1.66. The Labute approximate surface area is 91.5 Å². The Hall–Kier alpha value is -1.15. The Morgan fingerprint density at radius 1 is 1.40 bits per heavy atom. The fraction of sp³-hybridized carbons (Fsp3) is 0.462. The summed E-state index contributed by atoms with van der Waals surface area (Å²) in [6.45, 7) is 6.02. The van der Waals surface area contributed by atoms with Gasteiger partial charge in [0.1, 0.15) is 0 Å². The molecule has 2 heteroatoms. The minimum Gasteiger partial charge on any atom is -0.321 e. The molecule has 1 aromatic carbocycles. The van der Waals surface area contributed by atoms with Gasteiger partial charge in [0.2, 0.25) is 0 Å². The molecule has 82 valence electrons. The molecular weight excluding hydrogens is 186 g/mol. The number of hydrogen-bond donors (Lipinski definition) is 1. The zero-order chi connectivity index (χ0) is 11.4. The summed E-state index contributed by atoms with van der Waals surface area (Å²) in [6, 6.07) is 5.43. The SMILES string of the molecule is CCCC(N)C(=O)c1cccc(C)c1C. The third-order valence-electron chi connectivity index (χ3n) is 2.81. The zero-order valence-corrected chi connectivity index (χ0v) is 9.71. The summed E-state index contributed by atoms with van der Waals surface area (Å²) < 4.78 is 0. The lowest BCUT2D eigenvalue weighted by molar-refractivity contribution is 0.0956. The third kappa shape index (κ3) is 2.66. The molecule has 0 radical (unpaired) electrons. The fourth-order valence-electron chi connectivity index (χ4n) is 1.66. The summed E-state index contributed by atoms with van der Waals surface area (Å²) in [5.41, 5.74) is 8.80. The van der Waals surface area contributed by atoms with Gasteiger partial charge in [0, 0.05) is 5.56 Å². The van der Waals surface area contributed by atoms with Crippen molar-refractivity contribution in [1.29, 1.82) is 0 Å². The van der Waals surface area contributed by atoms with E-state index in [4.69, 9.17) is 5.73 Å². The van der Waals surface area contributed by atoms with E-state index in [-0.39, 0.29) is 11.8 Å². The molecule has 0 amide bonds. The van der Waals surface area contributed by atoms with E-state index in [2.05, 4.69) is 0 Å². The van der Waals surface area contributed by atoms with Crippen LogP contribution in [-0.2, 0) is 0 Å². The van der Waals surface area contributed by atoms with E-state index in [1.807, 2.05) is 39.0 Å². The predicted octanol–water partition coefficient (Wildman–Crippen LogP) is 2.61. The summed E-state index contributed by atoms with van der Waals surface area (Å²) >= 11 is 0. The average molecular weight is 205 g/mol. The van der Waals surface area contributed by atoms with Crippen LogP contribution in [0.1, 0.15) is 41.3 Å². The number of aryl methyl sites for hydroxylation is 1. The number of hydrogen-bond acceptors (Lipinski definition) is 2. The van der Waals surface area contributed by atoms with Crippen LogP contribution in [0.5, 0.6) is 0 Å². The zero-order valence-electron chi connectivity index (χ0n) is 9.71. The first-order valence-corrected chi connectivity index (χ1v) is 5.44. The number of carbonyl (C=O) groups is 1. The lowest BCUT2D eigenvalue weighted by Crippen LogP contribution is -2.30. The van der Waals surface area contributed by atoms with Crippen LogP contribution in [0.3, 0.4) is 0 Å². The van der Waals surface area contributed by atoms with Gasteiger partial charge in [0.25, 0.3) is 0 Å². The minimum atomic E-state index is -0.351. The number of Topliss-reactive ketones (excluding diaryl/α,β-unsaturated/α-hetero) is 1. The molecule has 1 atom stereocenters. The quantitative estimate of drug-likeness (QED) is 0.768. The second kappa shape index (κ2) is 5.08. The second-order valence-electron chi connectivity index (χ2n) is 4.01. The number of nitrogens with two attached hydrogens (primary N) is 1.